The van der Waals surface area contributed by atoms with Gasteiger partial charge < -0.3 is 9.73 Å². The maximum atomic E-state index is 12.9. The summed E-state index contributed by atoms with van der Waals surface area (Å²) < 4.78 is 32.9. The Morgan fingerprint density at radius 3 is 2.50 bits per heavy atom. The van der Waals surface area contributed by atoms with Crippen molar-refractivity contribution in [3.05, 3.63) is 17.6 Å². The highest BCUT2D eigenvalue weighted by atomic mass is 32.2. The van der Waals surface area contributed by atoms with Crippen molar-refractivity contribution >= 4 is 10.0 Å². The third kappa shape index (κ3) is 3.07. The Hall–Kier alpha value is -0.850. The average molecular weight is 300 g/mol. The van der Waals surface area contributed by atoms with Gasteiger partial charge in [-0.3, -0.25) is 0 Å². The summed E-state index contributed by atoms with van der Waals surface area (Å²) in [5.41, 5.74) is 0. The lowest BCUT2D eigenvalue weighted by molar-refractivity contribution is 0.262. The summed E-state index contributed by atoms with van der Waals surface area (Å²) >= 11 is 0. The first-order chi connectivity index (χ1) is 9.46. The van der Waals surface area contributed by atoms with Gasteiger partial charge in [-0.1, -0.05) is 6.92 Å². The van der Waals surface area contributed by atoms with Crippen molar-refractivity contribution in [3.8, 4) is 0 Å². The molecule has 114 valence electrons. The van der Waals surface area contributed by atoms with Crippen LogP contribution in [0.25, 0.3) is 0 Å². The Morgan fingerprint density at radius 2 is 2.00 bits per heavy atom. The maximum absolute atomic E-state index is 12.9. The third-order valence-corrected chi connectivity index (χ3v) is 5.80. The van der Waals surface area contributed by atoms with E-state index in [0.29, 0.717) is 23.0 Å². The predicted octanol–water partition coefficient (Wildman–Crippen LogP) is 2.05. The van der Waals surface area contributed by atoms with Gasteiger partial charge in [-0.25, -0.2) is 8.42 Å². The minimum Gasteiger partial charge on any atom is -0.465 e. The molecule has 1 saturated heterocycles. The van der Waals surface area contributed by atoms with Crippen LogP contribution >= 0.6 is 0 Å². The molecule has 0 atom stereocenters. The van der Waals surface area contributed by atoms with Crippen molar-refractivity contribution in [1.82, 2.24) is 9.62 Å². The van der Waals surface area contributed by atoms with E-state index in [2.05, 4.69) is 5.32 Å². The molecule has 0 aliphatic carbocycles. The molecule has 1 aromatic heterocycles. The van der Waals surface area contributed by atoms with Crippen LogP contribution < -0.4 is 5.32 Å². The molecule has 1 aliphatic rings. The van der Waals surface area contributed by atoms with Crippen LogP contribution in [0.2, 0.25) is 0 Å². The molecule has 1 fully saturated rings. The molecule has 6 heteroatoms. The molecule has 2 heterocycles. The van der Waals surface area contributed by atoms with Gasteiger partial charge in [0.2, 0.25) is 10.0 Å². The molecule has 0 saturated carbocycles. The number of hydrogen-bond donors (Lipinski definition) is 1. The Labute approximate surface area is 121 Å². The van der Waals surface area contributed by atoms with Crippen molar-refractivity contribution in [2.75, 3.05) is 19.6 Å². The summed E-state index contributed by atoms with van der Waals surface area (Å²) in [6, 6.07) is 1.73. The lowest BCUT2D eigenvalue weighted by Crippen LogP contribution is -2.46. The van der Waals surface area contributed by atoms with Crippen LogP contribution in [-0.4, -0.2) is 38.4 Å². The van der Waals surface area contributed by atoms with E-state index >= 15 is 0 Å². The van der Waals surface area contributed by atoms with E-state index in [9.17, 15) is 8.42 Å². The maximum Gasteiger partial charge on any atom is 0.246 e. The molecule has 0 radical (unpaired) electrons. The van der Waals surface area contributed by atoms with E-state index < -0.39 is 10.0 Å². The molecule has 0 spiro atoms. The van der Waals surface area contributed by atoms with Crippen molar-refractivity contribution in [2.24, 2.45) is 0 Å². The SMILES string of the molecule is CCCN(C1CCNCC1)S(=O)(=O)c1cc(C)oc1C. The number of furan rings is 1. The Balaban J connectivity index is 2.33. The molecular weight excluding hydrogens is 276 g/mol. The van der Waals surface area contributed by atoms with Crippen LogP contribution in [0, 0.1) is 13.8 Å². The average Bonchev–Trinajstić information content (AvgIpc) is 2.76. The van der Waals surface area contributed by atoms with E-state index in [0.717, 1.165) is 32.4 Å². The summed E-state index contributed by atoms with van der Waals surface area (Å²) in [6.07, 6.45) is 2.56. The number of piperidine rings is 1. The zero-order valence-electron chi connectivity index (χ0n) is 12.5. The molecule has 1 N–H and O–H groups in total. The summed E-state index contributed by atoms with van der Waals surface area (Å²) in [6.45, 7) is 7.83. The molecule has 20 heavy (non-hydrogen) atoms. The van der Waals surface area contributed by atoms with Gasteiger partial charge in [0.15, 0.2) is 0 Å². The lowest BCUT2D eigenvalue weighted by atomic mass is 10.1. The van der Waals surface area contributed by atoms with Crippen LogP contribution in [0.15, 0.2) is 15.4 Å². The van der Waals surface area contributed by atoms with Crippen LogP contribution in [0.3, 0.4) is 0 Å². The molecule has 0 bridgehead atoms. The minimum absolute atomic E-state index is 0.0933. The second-order valence-corrected chi connectivity index (χ2v) is 7.23. The van der Waals surface area contributed by atoms with Gasteiger partial charge in [-0.2, -0.15) is 4.31 Å². The Morgan fingerprint density at radius 1 is 1.35 bits per heavy atom. The monoisotopic (exact) mass is 300 g/mol. The second kappa shape index (κ2) is 6.28. The Kier molecular flexibility index (Phi) is 4.88. The van der Waals surface area contributed by atoms with E-state index in [-0.39, 0.29) is 6.04 Å². The number of hydrogen-bond acceptors (Lipinski definition) is 4. The molecule has 0 aromatic carbocycles. The van der Waals surface area contributed by atoms with E-state index in [1.54, 1.807) is 24.2 Å². The smallest absolute Gasteiger partial charge is 0.246 e. The predicted molar refractivity (Wildman–Crippen MR) is 78.3 cm³/mol. The Bertz CT molecular complexity index is 545. The number of aryl methyl sites for hydroxylation is 2. The fraction of sp³-hybridized carbons (Fsp3) is 0.714. The summed E-state index contributed by atoms with van der Waals surface area (Å²) in [5.74, 6) is 1.13. The molecular formula is C14H24N2O3S. The first kappa shape index (κ1) is 15.5. The fourth-order valence-corrected chi connectivity index (χ4v) is 4.80. The van der Waals surface area contributed by atoms with Crippen LogP contribution in [0.1, 0.15) is 37.7 Å². The quantitative estimate of drug-likeness (QED) is 0.904. The van der Waals surface area contributed by atoms with Gasteiger partial charge in [-0.15, -0.1) is 0 Å². The zero-order chi connectivity index (χ0) is 14.8. The van der Waals surface area contributed by atoms with E-state index in [4.69, 9.17) is 4.42 Å². The minimum atomic E-state index is -3.46. The summed E-state index contributed by atoms with van der Waals surface area (Å²) in [4.78, 5) is 0.321. The summed E-state index contributed by atoms with van der Waals surface area (Å²) in [5, 5.41) is 3.28. The molecule has 2 rings (SSSR count). The van der Waals surface area contributed by atoms with Gasteiger partial charge in [-0.05, 0) is 52.3 Å². The zero-order valence-corrected chi connectivity index (χ0v) is 13.3. The van der Waals surface area contributed by atoms with Gasteiger partial charge in [0.05, 0.1) is 0 Å². The molecule has 1 aliphatic heterocycles. The standard InChI is InChI=1S/C14H24N2O3S/c1-4-9-16(13-5-7-15-8-6-13)20(17,18)14-10-11(2)19-12(14)3/h10,13,15H,4-9H2,1-3H3. The number of nitrogens with zero attached hydrogens (tertiary/aromatic N) is 1. The van der Waals surface area contributed by atoms with Crippen molar-refractivity contribution < 1.29 is 12.8 Å². The molecule has 0 amide bonds. The highest BCUT2D eigenvalue weighted by Gasteiger charge is 2.33. The fourth-order valence-electron chi connectivity index (χ4n) is 2.80. The first-order valence-electron chi connectivity index (χ1n) is 7.26. The number of nitrogens with one attached hydrogen (secondary N) is 1. The lowest BCUT2D eigenvalue weighted by Gasteiger charge is -2.33. The normalized spacial score (nSPS) is 17.8. The molecule has 5 nitrogen and oxygen atoms in total. The summed E-state index contributed by atoms with van der Waals surface area (Å²) in [7, 11) is -3.46. The molecule has 0 unspecified atom stereocenters. The third-order valence-electron chi connectivity index (χ3n) is 3.74. The van der Waals surface area contributed by atoms with E-state index in [1.807, 2.05) is 6.92 Å². The number of rotatable bonds is 5. The van der Waals surface area contributed by atoms with Crippen LogP contribution in [0.4, 0.5) is 0 Å². The topological polar surface area (TPSA) is 62.6 Å². The van der Waals surface area contributed by atoms with Gasteiger partial charge in [0.25, 0.3) is 0 Å². The van der Waals surface area contributed by atoms with Crippen LogP contribution in [-0.2, 0) is 10.0 Å². The van der Waals surface area contributed by atoms with Crippen molar-refractivity contribution in [2.45, 2.75) is 51.0 Å². The first-order valence-corrected chi connectivity index (χ1v) is 8.70. The number of sulfonamides is 1. The molecule has 1 aromatic rings. The van der Waals surface area contributed by atoms with E-state index in [1.165, 1.54) is 0 Å². The largest absolute Gasteiger partial charge is 0.465 e. The highest BCUT2D eigenvalue weighted by Crippen LogP contribution is 2.27. The second-order valence-electron chi connectivity index (χ2n) is 5.37. The van der Waals surface area contributed by atoms with Gasteiger partial charge in [0, 0.05) is 12.6 Å². The highest BCUT2D eigenvalue weighted by molar-refractivity contribution is 7.89. The van der Waals surface area contributed by atoms with Crippen molar-refractivity contribution in [1.29, 1.82) is 0 Å². The van der Waals surface area contributed by atoms with Crippen molar-refractivity contribution in [3.63, 3.8) is 0 Å². The van der Waals surface area contributed by atoms with Gasteiger partial charge >= 0.3 is 0 Å². The van der Waals surface area contributed by atoms with Crippen LogP contribution in [0.5, 0.6) is 0 Å². The van der Waals surface area contributed by atoms with Gasteiger partial charge in [0.1, 0.15) is 16.4 Å².